The molecule has 0 aliphatic heterocycles. The van der Waals surface area contributed by atoms with E-state index in [0.29, 0.717) is 6.42 Å². The molecular weight excluding hydrogens is 222 g/mol. The van der Waals surface area contributed by atoms with Gasteiger partial charge in [-0.3, -0.25) is 0 Å². The molecule has 2 rings (SSSR count). The van der Waals surface area contributed by atoms with Crippen molar-refractivity contribution in [2.45, 2.75) is 6.42 Å². The number of hydrogen-bond acceptors (Lipinski definition) is 3. The summed E-state index contributed by atoms with van der Waals surface area (Å²) in [7, 11) is 0. The summed E-state index contributed by atoms with van der Waals surface area (Å²) in [5.41, 5.74) is 1.94. The van der Waals surface area contributed by atoms with Gasteiger partial charge in [0.05, 0.1) is 5.69 Å². The van der Waals surface area contributed by atoms with E-state index in [9.17, 15) is 0 Å². The molecule has 0 saturated carbocycles. The highest BCUT2D eigenvalue weighted by atomic mass is 15.4. The Kier molecular flexibility index (Phi) is 4.10. The number of para-hydroxylation sites is 1. The fourth-order valence-electron chi connectivity index (χ4n) is 1.56. The first-order valence-corrected chi connectivity index (χ1v) is 5.71. The largest absolute Gasteiger partial charge is 0.206 e. The standard InChI is InChI=1S/C15H13N3/c16-13-18(15-9-5-2-6-10-15)17-12-11-14-7-3-1-4-8-14/h1-10,12H,11H2/b17-12+. The van der Waals surface area contributed by atoms with Crippen LogP contribution in [0.2, 0.25) is 0 Å². The predicted molar refractivity (Wildman–Crippen MR) is 73.2 cm³/mol. The summed E-state index contributed by atoms with van der Waals surface area (Å²) in [4.78, 5) is 0. The van der Waals surface area contributed by atoms with E-state index < -0.39 is 0 Å². The zero-order chi connectivity index (χ0) is 12.6. The van der Waals surface area contributed by atoms with E-state index in [1.807, 2.05) is 66.9 Å². The Morgan fingerprint density at radius 2 is 1.61 bits per heavy atom. The molecule has 0 fully saturated rings. The average Bonchev–Trinajstić information content (AvgIpc) is 2.46. The van der Waals surface area contributed by atoms with Crippen LogP contribution in [0.1, 0.15) is 5.56 Å². The van der Waals surface area contributed by atoms with Crippen molar-refractivity contribution in [1.82, 2.24) is 0 Å². The molecule has 2 aromatic rings. The zero-order valence-corrected chi connectivity index (χ0v) is 9.90. The molecule has 0 N–H and O–H groups in total. The first kappa shape index (κ1) is 11.9. The highest BCUT2D eigenvalue weighted by Crippen LogP contribution is 2.12. The maximum absolute atomic E-state index is 9.04. The number of nitriles is 1. The van der Waals surface area contributed by atoms with E-state index in [1.165, 1.54) is 10.6 Å². The lowest BCUT2D eigenvalue weighted by Gasteiger charge is -2.07. The molecule has 3 heteroatoms. The van der Waals surface area contributed by atoms with Crippen LogP contribution < -0.4 is 5.01 Å². The highest BCUT2D eigenvalue weighted by molar-refractivity contribution is 5.64. The fraction of sp³-hybridized carbons (Fsp3) is 0.0667. The van der Waals surface area contributed by atoms with Gasteiger partial charge < -0.3 is 0 Å². The molecule has 0 bridgehead atoms. The molecule has 0 aliphatic rings. The van der Waals surface area contributed by atoms with E-state index in [2.05, 4.69) is 5.10 Å². The van der Waals surface area contributed by atoms with Crippen LogP contribution in [0.5, 0.6) is 0 Å². The summed E-state index contributed by atoms with van der Waals surface area (Å²) in [6.07, 6.45) is 4.50. The van der Waals surface area contributed by atoms with Gasteiger partial charge in [0.15, 0.2) is 0 Å². The van der Waals surface area contributed by atoms with E-state index in [4.69, 9.17) is 5.26 Å². The molecule has 2 aromatic carbocycles. The molecule has 88 valence electrons. The van der Waals surface area contributed by atoms with Gasteiger partial charge in [0.25, 0.3) is 0 Å². The normalized spacial score (nSPS) is 10.2. The molecule has 0 radical (unpaired) electrons. The summed E-state index contributed by atoms with van der Waals surface area (Å²) in [6.45, 7) is 0. The Morgan fingerprint density at radius 3 is 2.22 bits per heavy atom. The van der Waals surface area contributed by atoms with E-state index in [0.717, 1.165) is 5.69 Å². The minimum atomic E-state index is 0.714. The molecule has 0 heterocycles. The van der Waals surface area contributed by atoms with Crippen molar-refractivity contribution in [3.05, 3.63) is 66.2 Å². The van der Waals surface area contributed by atoms with Crippen molar-refractivity contribution >= 4 is 11.9 Å². The van der Waals surface area contributed by atoms with Crippen molar-refractivity contribution in [1.29, 1.82) is 5.26 Å². The molecule has 0 atom stereocenters. The van der Waals surface area contributed by atoms with E-state index in [-0.39, 0.29) is 0 Å². The second-order valence-electron chi connectivity index (χ2n) is 3.74. The third-order valence-electron chi connectivity index (χ3n) is 2.46. The second-order valence-corrected chi connectivity index (χ2v) is 3.74. The molecular formula is C15H13N3. The van der Waals surface area contributed by atoms with Crippen LogP contribution in [0, 0.1) is 11.5 Å². The quantitative estimate of drug-likeness (QED) is 0.353. The maximum Gasteiger partial charge on any atom is 0.206 e. The molecule has 0 spiro atoms. The number of rotatable bonds is 4. The minimum Gasteiger partial charge on any atom is -0.171 e. The summed E-state index contributed by atoms with van der Waals surface area (Å²) >= 11 is 0. The van der Waals surface area contributed by atoms with Crippen molar-refractivity contribution < 1.29 is 0 Å². The Hall–Kier alpha value is -2.60. The minimum absolute atomic E-state index is 0.714. The van der Waals surface area contributed by atoms with Crippen LogP contribution in [-0.4, -0.2) is 6.21 Å². The average molecular weight is 235 g/mol. The Morgan fingerprint density at radius 1 is 1.00 bits per heavy atom. The first-order chi connectivity index (χ1) is 8.90. The summed E-state index contributed by atoms with van der Waals surface area (Å²) in [6, 6.07) is 19.4. The third kappa shape index (κ3) is 3.19. The van der Waals surface area contributed by atoms with Crippen molar-refractivity contribution in [2.75, 3.05) is 5.01 Å². The van der Waals surface area contributed by atoms with Gasteiger partial charge in [-0.2, -0.15) is 15.4 Å². The maximum atomic E-state index is 9.04. The van der Waals surface area contributed by atoms with Gasteiger partial charge in [0.1, 0.15) is 0 Å². The van der Waals surface area contributed by atoms with Crippen LogP contribution in [0.25, 0.3) is 0 Å². The van der Waals surface area contributed by atoms with Gasteiger partial charge in [-0.15, -0.1) is 0 Å². The summed E-state index contributed by atoms with van der Waals surface area (Å²) in [5, 5.41) is 14.5. The van der Waals surface area contributed by atoms with Gasteiger partial charge in [-0.1, -0.05) is 48.5 Å². The number of nitrogens with zero attached hydrogens (tertiary/aromatic N) is 3. The van der Waals surface area contributed by atoms with Crippen LogP contribution in [0.4, 0.5) is 5.69 Å². The van der Waals surface area contributed by atoms with Gasteiger partial charge in [-0.25, -0.2) is 0 Å². The highest BCUT2D eigenvalue weighted by Gasteiger charge is 2.00. The van der Waals surface area contributed by atoms with Crippen LogP contribution in [-0.2, 0) is 6.42 Å². The zero-order valence-electron chi connectivity index (χ0n) is 9.90. The fourth-order valence-corrected chi connectivity index (χ4v) is 1.56. The number of hydrazone groups is 1. The molecule has 0 saturated heterocycles. The Labute approximate surface area is 107 Å². The first-order valence-electron chi connectivity index (χ1n) is 5.71. The lowest BCUT2D eigenvalue weighted by Crippen LogP contribution is -2.08. The number of hydrogen-bond donors (Lipinski definition) is 0. The van der Waals surface area contributed by atoms with E-state index in [1.54, 1.807) is 6.21 Å². The van der Waals surface area contributed by atoms with Gasteiger partial charge in [0, 0.05) is 12.6 Å². The monoisotopic (exact) mass is 235 g/mol. The second kappa shape index (κ2) is 6.21. The molecule has 18 heavy (non-hydrogen) atoms. The molecule has 3 nitrogen and oxygen atoms in total. The van der Waals surface area contributed by atoms with Crippen molar-refractivity contribution in [3.8, 4) is 6.19 Å². The smallest absolute Gasteiger partial charge is 0.171 e. The van der Waals surface area contributed by atoms with Crippen molar-refractivity contribution in [2.24, 2.45) is 5.10 Å². The number of anilines is 1. The lowest BCUT2D eigenvalue weighted by atomic mass is 10.2. The SMILES string of the molecule is N#CN(/N=C/Cc1ccccc1)c1ccccc1. The Bertz CT molecular complexity index is 541. The predicted octanol–water partition coefficient (Wildman–Crippen LogP) is 3.20. The van der Waals surface area contributed by atoms with Crippen LogP contribution in [0.3, 0.4) is 0 Å². The molecule has 0 aromatic heterocycles. The van der Waals surface area contributed by atoms with Crippen molar-refractivity contribution in [3.63, 3.8) is 0 Å². The third-order valence-corrected chi connectivity index (χ3v) is 2.46. The van der Waals surface area contributed by atoms with Gasteiger partial charge >= 0.3 is 0 Å². The molecule has 0 aliphatic carbocycles. The summed E-state index contributed by atoms with van der Waals surface area (Å²) in [5.74, 6) is 0. The topological polar surface area (TPSA) is 39.4 Å². The van der Waals surface area contributed by atoms with Crippen LogP contribution >= 0.6 is 0 Å². The number of benzene rings is 2. The molecule has 0 unspecified atom stereocenters. The molecule has 0 amide bonds. The van der Waals surface area contributed by atoms with Gasteiger partial charge in [-0.05, 0) is 17.7 Å². The Balaban J connectivity index is 2.02. The lowest BCUT2D eigenvalue weighted by molar-refractivity contribution is 1.08. The van der Waals surface area contributed by atoms with Crippen LogP contribution in [0.15, 0.2) is 65.8 Å². The summed E-state index contributed by atoms with van der Waals surface area (Å²) < 4.78 is 0. The van der Waals surface area contributed by atoms with Gasteiger partial charge in [0.2, 0.25) is 6.19 Å². The van der Waals surface area contributed by atoms with E-state index >= 15 is 0 Å².